The molecule has 0 heterocycles. The van der Waals surface area contributed by atoms with E-state index in [9.17, 15) is 22.8 Å². The molecule has 0 saturated carbocycles. The average molecular weight is 381 g/mol. The number of hydrogen-bond acceptors (Lipinski definition) is 3. The summed E-state index contributed by atoms with van der Waals surface area (Å²) in [5, 5.41) is 11.4. The third-order valence-corrected chi connectivity index (χ3v) is 3.87. The van der Waals surface area contributed by atoms with E-state index in [0.29, 0.717) is 16.9 Å². The Kier molecular flexibility index (Phi) is 6.44. The van der Waals surface area contributed by atoms with E-state index in [1.165, 1.54) is 19.2 Å². The smallest absolute Gasteiger partial charge is 0.416 e. The van der Waals surface area contributed by atoms with Crippen molar-refractivity contribution in [3.63, 3.8) is 0 Å². The van der Waals surface area contributed by atoms with E-state index in [-0.39, 0.29) is 24.9 Å². The molecular formula is C19H18F3NO4. The molecule has 2 rings (SSSR count). The lowest BCUT2D eigenvalue weighted by molar-refractivity contribution is -0.138. The molecular weight excluding hydrogens is 363 g/mol. The number of methoxy groups -OCH3 is 1. The zero-order valence-corrected chi connectivity index (χ0v) is 14.5. The maximum Gasteiger partial charge on any atom is 0.416 e. The summed E-state index contributed by atoms with van der Waals surface area (Å²) in [5.74, 6) is -1.10. The van der Waals surface area contributed by atoms with E-state index in [2.05, 4.69) is 5.32 Å². The first-order valence-electron chi connectivity index (χ1n) is 8.03. The van der Waals surface area contributed by atoms with Crippen molar-refractivity contribution in [1.82, 2.24) is 5.32 Å². The van der Waals surface area contributed by atoms with E-state index < -0.39 is 23.6 Å². The van der Waals surface area contributed by atoms with Crippen LogP contribution in [0.25, 0.3) is 0 Å². The van der Waals surface area contributed by atoms with Crippen LogP contribution in [0.15, 0.2) is 42.5 Å². The monoisotopic (exact) mass is 381 g/mol. The molecule has 0 aromatic heterocycles. The van der Waals surface area contributed by atoms with Crippen LogP contribution in [0.1, 0.15) is 33.5 Å². The number of aryl methyl sites for hydroxylation is 1. The van der Waals surface area contributed by atoms with Gasteiger partial charge in [0.15, 0.2) is 0 Å². The van der Waals surface area contributed by atoms with Gasteiger partial charge in [0.1, 0.15) is 5.75 Å². The second kappa shape index (κ2) is 8.57. The van der Waals surface area contributed by atoms with Crippen molar-refractivity contribution < 1.29 is 32.6 Å². The van der Waals surface area contributed by atoms with E-state index in [1.54, 1.807) is 18.2 Å². The lowest BCUT2D eigenvalue weighted by Gasteiger charge is -2.12. The van der Waals surface area contributed by atoms with Crippen LogP contribution in [-0.4, -0.2) is 24.1 Å². The fourth-order valence-corrected chi connectivity index (χ4v) is 2.43. The molecule has 0 unspecified atom stereocenters. The van der Waals surface area contributed by atoms with Crippen molar-refractivity contribution in [2.24, 2.45) is 0 Å². The number of carboxylic acid groups (broad SMARTS) is 1. The highest BCUT2D eigenvalue weighted by Gasteiger charge is 2.29. The van der Waals surface area contributed by atoms with Gasteiger partial charge in [-0.15, -0.1) is 0 Å². The van der Waals surface area contributed by atoms with Gasteiger partial charge in [0, 0.05) is 13.0 Å². The zero-order valence-electron chi connectivity index (χ0n) is 14.5. The van der Waals surface area contributed by atoms with Gasteiger partial charge < -0.3 is 15.2 Å². The lowest BCUT2D eigenvalue weighted by Crippen LogP contribution is -2.23. The minimum Gasteiger partial charge on any atom is -0.496 e. The molecule has 0 aliphatic carbocycles. The highest BCUT2D eigenvalue weighted by Crippen LogP contribution is 2.29. The van der Waals surface area contributed by atoms with Gasteiger partial charge in [0.25, 0.3) is 5.91 Å². The third kappa shape index (κ3) is 5.73. The molecule has 0 fully saturated rings. The Morgan fingerprint density at radius 1 is 1.07 bits per heavy atom. The number of aliphatic carboxylic acids is 1. The largest absolute Gasteiger partial charge is 0.496 e. The van der Waals surface area contributed by atoms with Crippen LogP contribution < -0.4 is 10.1 Å². The summed E-state index contributed by atoms with van der Waals surface area (Å²) < 4.78 is 42.9. The summed E-state index contributed by atoms with van der Waals surface area (Å²) in [6, 6.07) is 9.29. The van der Waals surface area contributed by atoms with Gasteiger partial charge >= 0.3 is 12.1 Å². The molecule has 0 aliphatic rings. The fraction of sp³-hybridized carbons (Fsp3) is 0.263. The zero-order chi connectivity index (χ0) is 20.0. The molecule has 27 heavy (non-hydrogen) atoms. The third-order valence-electron chi connectivity index (χ3n) is 3.87. The highest BCUT2D eigenvalue weighted by molar-refractivity contribution is 5.97. The SMILES string of the molecule is COc1ccc(CCC(=O)O)cc1C(=O)NCc1ccc(C(F)(F)F)cc1. The van der Waals surface area contributed by atoms with E-state index in [1.807, 2.05) is 0 Å². The quantitative estimate of drug-likeness (QED) is 0.768. The Hall–Kier alpha value is -3.03. The number of carbonyl (C=O) groups excluding carboxylic acids is 1. The molecule has 0 atom stereocenters. The van der Waals surface area contributed by atoms with Gasteiger partial charge in [-0.2, -0.15) is 13.2 Å². The van der Waals surface area contributed by atoms with Crippen molar-refractivity contribution in [2.75, 3.05) is 7.11 Å². The van der Waals surface area contributed by atoms with Crippen LogP contribution in [0.5, 0.6) is 5.75 Å². The Morgan fingerprint density at radius 2 is 1.70 bits per heavy atom. The molecule has 2 aromatic rings. The van der Waals surface area contributed by atoms with E-state index >= 15 is 0 Å². The minimum atomic E-state index is -4.41. The van der Waals surface area contributed by atoms with Gasteiger partial charge in [0.05, 0.1) is 18.2 Å². The summed E-state index contributed by atoms with van der Waals surface area (Å²) in [5.41, 5.74) is 0.646. The first-order valence-corrected chi connectivity index (χ1v) is 8.03. The van der Waals surface area contributed by atoms with Crippen LogP contribution in [0.4, 0.5) is 13.2 Å². The van der Waals surface area contributed by atoms with Crippen LogP contribution >= 0.6 is 0 Å². The molecule has 0 bridgehead atoms. The predicted octanol–water partition coefficient (Wildman–Crippen LogP) is 3.66. The van der Waals surface area contributed by atoms with Crippen molar-refractivity contribution >= 4 is 11.9 Å². The number of amides is 1. The molecule has 8 heteroatoms. The molecule has 1 amide bonds. The van der Waals surface area contributed by atoms with Crippen molar-refractivity contribution in [3.8, 4) is 5.75 Å². The van der Waals surface area contributed by atoms with Gasteiger partial charge in [-0.1, -0.05) is 18.2 Å². The number of carboxylic acids is 1. The normalized spacial score (nSPS) is 11.1. The average Bonchev–Trinajstić information content (AvgIpc) is 2.63. The number of alkyl halides is 3. The number of ether oxygens (including phenoxy) is 1. The molecule has 5 nitrogen and oxygen atoms in total. The summed E-state index contributed by atoms with van der Waals surface area (Å²) in [6.07, 6.45) is -4.22. The number of benzene rings is 2. The maximum atomic E-state index is 12.6. The van der Waals surface area contributed by atoms with Crippen molar-refractivity contribution in [2.45, 2.75) is 25.6 Å². The first-order chi connectivity index (χ1) is 12.7. The van der Waals surface area contributed by atoms with Crippen LogP contribution in [-0.2, 0) is 23.9 Å². The van der Waals surface area contributed by atoms with E-state index in [0.717, 1.165) is 12.1 Å². The molecule has 2 aromatic carbocycles. The fourth-order valence-electron chi connectivity index (χ4n) is 2.43. The number of nitrogens with one attached hydrogen (secondary N) is 1. The number of carbonyl (C=O) groups is 2. The Bertz CT molecular complexity index is 817. The van der Waals surface area contributed by atoms with Crippen LogP contribution in [0, 0.1) is 0 Å². The predicted molar refractivity (Wildman–Crippen MR) is 91.6 cm³/mol. The molecule has 0 radical (unpaired) electrons. The van der Waals surface area contributed by atoms with Gasteiger partial charge in [-0.3, -0.25) is 9.59 Å². The second-order valence-corrected chi connectivity index (χ2v) is 5.81. The topological polar surface area (TPSA) is 75.6 Å². The van der Waals surface area contributed by atoms with E-state index in [4.69, 9.17) is 9.84 Å². The highest BCUT2D eigenvalue weighted by atomic mass is 19.4. The molecule has 2 N–H and O–H groups in total. The molecule has 144 valence electrons. The Morgan fingerprint density at radius 3 is 2.26 bits per heavy atom. The summed E-state index contributed by atoms with van der Waals surface area (Å²) in [4.78, 5) is 23.1. The number of rotatable bonds is 7. The van der Waals surface area contributed by atoms with Crippen LogP contribution in [0.2, 0.25) is 0 Å². The lowest BCUT2D eigenvalue weighted by atomic mass is 10.0. The standard InChI is InChI=1S/C19H18F3NO4/c1-27-16-8-4-12(5-9-17(24)25)10-15(16)18(26)23-11-13-2-6-14(7-3-13)19(20,21)22/h2-4,6-8,10H,5,9,11H2,1H3,(H,23,26)(H,24,25). The first kappa shape index (κ1) is 20.3. The van der Waals surface area contributed by atoms with Gasteiger partial charge in [-0.25, -0.2) is 0 Å². The van der Waals surface area contributed by atoms with Crippen molar-refractivity contribution in [3.05, 3.63) is 64.7 Å². The van der Waals surface area contributed by atoms with Crippen molar-refractivity contribution in [1.29, 1.82) is 0 Å². The molecule has 0 saturated heterocycles. The maximum absolute atomic E-state index is 12.6. The van der Waals surface area contributed by atoms with Crippen LogP contribution in [0.3, 0.4) is 0 Å². The molecule has 0 aliphatic heterocycles. The number of hydrogen-bond donors (Lipinski definition) is 2. The number of halogens is 3. The van der Waals surface area contributed by atoms with Gasteiger partial charge in [0.2, 0.25) is 0 Å². The summed E-state index contributed by atoms with van der Waals surface area (Å²) in [6.45, 7) is 0.0411. The summed E-state index contributed by atoms with van der Waals surface area (Å²) in [7, 11) is 1.40. The Balaban J connectivity index is 2.08. The molecule has 0 spiro atoms. The minimum absolute atomic E-state index is 0.0411. The summed E-state index contributed by atoms with van der Waals surface area (Å²) >= 11 is 0. The Labute approximate surface area is 153 Å². The van der Waals surface area contributed by atoms with Gasteiger partial charge in [-0.05, 0) is 41.8 Å². The second-order valence-electron chi connectivity index (χ2n) is 5.81.